The van der Waals surface area contributed by atoms with Crippen molar-refractivity contribution in [1.29, 1.82) is 0 Å². The summed E-state index contributed by atoms with van der Waals surface area (Å²) in [6.45, 7) is 6.68. The van der Waals surface area contributed by atoms with E-state index in [-0.39, 0.29) is 32.4 Å². The van der Waals surface area contributed by atoms with Gasteiger partial charge in [-0.2, -0.15) is 13.2 Å². The van der Waals surface area contributed by atoms with E-state index in [1.165, 1.54) is 11.0 Å². The number of ether oxygens (including phenoxy) is 2. The normalized spacial score (nSPS) is 29.4. The van der Waals surface area contributed by atoms with Crippen LogP contribution in [0.1, 0.15) is 75.5 Å². The van der Waals surface area contributed by atoms with Gasteiger partial charge in [0.1, 0.15) is 29.3 Å². The molecule has 6 rings (SSSR count). The van der Waals surface area contributed by atoms with Crippen LogP contribution in [-0.2, 0) is 47.0 Å². The Kier molecular flexibility index (Phi) is 10.1. The summed E-state index contributed by atoms with van der Waals surface area (Å²) in [5, 5.41) is 3.81. The lowest BCUT2D eigenvalue weighted by Gasteiger charge is -2.31. The molecule has 0 unspecified atom stereocenters. The number of allylic oxidation sites excluding steroid dienone is 1. The number of halogens is 3. The summed E-state index contributed by atoms with van der Waals surface area (Å²) < 4.78 is 80.1. The highest BCUT2D eigenvalue weighted by molar-refractivity contribution is 7.91. The van der Waals surface area contributed by atoms with Gasteiger partial charge in [0, 0.05) is 18.9 Å². The molecule has 3 fully saturated rings. The number of nitrogens with one attached hydrogen (secondary N) is 3. The number of alkyl carbamates (subject to hydrolysis) is 1. The molecule has 18 heteroatoms. The van der Waals surface area contributed by atoms with Crippen LogP contribution in [0.5, 0.6) is 0 Å². The Hall–Kier alpha value is -4.61. The Bertz CT molecular complexity index is 1850. The van der Waals surface area contributed by atoms with Crippen LogP contribution in [0.15, 0.2) is 36.9 Å². The maximum Gasteiger partial charge on any atom is 0.410 e. The Balaban J connectivity index is 1.30. The molecule has 5 amide bonds. The molecule has 0 aromatic heterocycles. The second kappa shape index (κ2) is 14.0. The van der Waals surface area contributed by atoms with Crippen molar-refractivity contribution in [3.05, 3.63) is 53.6 Å². The number of benzene rings is 1. The zero-order valence-corrected chi connectivity index (χ0v) is 30.1. The second-order valence-electron chi connectivity index (χ2n) is 14.9. The number of amides is 5. The van der Waals surface area contributed by atoms with E-state index >= 15 is 0 Å². The van der Waals surface area contributed by atoms with Crippen molar-refractivity contribution in [2.24, 2.45) is 5.92 Å². The van der Waals surface area contributed by atoms with Gasteiger partial charge in [-0.15, -0.1) is 6.58 Å². The molecule has 14 nitrogen and oxygen atoms in total. The topological polar surface area (TPSA) is 181 Å². The summed E-state index contributed by atoms with van der Waals surface area (Å²) in [6.07, 6.45) is -3.88. The van der Waals surface area contributed by atoms with E-state index < -0.39 is 99.6 Å². The van der Waals surface area contributed by atoms with Gasteiger partial charge in [-0.3, -0.25) is 24.0 Å². The molecule has 4 bridgehead atoms. The molecule has 3 heterocycles. The number of alkyl halides is 3. The van der Waals surface area contributed by atoms with Gasteiger partial charge in [-0.05, 0) is 62.6 Å². The molecule has 288 valence electrons. The molecule has 0 spiro atoms. The molecule has 5 aliphatic rings. The van der Waals surface area contributed by atoms with Crippen molar-refractivity contribution >= 4 is 46.0 Å². The zero-order chi connectivity index (χ0) is 38.5. The van der Waals surface area contributed by atoms with Crippen LogP contribution in [0, 0.1) is 5.92 Å². The van der Waals surface area contributed by atoms with Crippen molar-refractivity contribution in [2.75, 3.05) is 6.54 Å². The van der Waals surface area contributed by atoms with E-state index in [1.54, 1.807) is 13.8 Å². The summed E-state index contributed by atoms with van der Waals surface area (Å²) in [4.78, 5) is 70.0. The minimum absolute atomic E-state index is 0.0279. The standard InChI is InChI=1S/C35H42F3N5O9S/c1-4-22-15-34(22,30(46)41-53(49,50)24-11-12-24)40-28(44)27-14-23-18-43(27)29(45)26(16-35(36,37)38)39-31(47)52-33(2,3)13-6-5-8-20-9-7-10-21-17-42(19-25(20)21)32(48)51-23/h4-5,7-10,22-24,26-27H,1,6,11-19H2,2-3H3,(H,39,47)(H,40,44)(H,41,46)/b8-5+/t22-,23+,26-,27-,34+/m0/s1. The van der Waals surface area contributed by atoms with Crippen molar-refractivity contribution in [1.82, 2.24) is 25.2 Å². The number of hydrogen-bond acceptors (Lipinski definition) is 9. The van der Waals surface area contributed by atoms with Crippen LogP contribution in [0.4, 0.5) is 22.8 Å². The van der Waals surface area contributed by atoms with E-state index in [1.807, 2.05) is 40.4 Å². The van der Waals surface area contributed by atoms with Gasteiger partial charge < -0.3 is 25.0 Å². The van der Waals surface area contributed by atoms with Crippen LogP contribution in [0.2, 0.25) is 0 Å². The average molecular weight is 766 g/mol. The molecule has 0 radical (unpaired) electrons. The average Bonchev–Trinajstić information content (AvgIpc) is 3.95. The Labute approximate surface area is 304 Å². The van der Waals surface area contributed by atoms with Crippen LogP contribution in [0.3, 0.4) is 0 Å². The Morgan fingerprint density at radius 3 is 2.55 bits per heavy atom. The van der Waals surface area contributed by atoms with Gasteiger partial charge in [0.05, 0.1) is 24.8 Å². The molecule has 1 aromatic rings. The fraction of sp³-hybridized carbons (Fsp3) is 0.571. The number of cyclic esters (lactones) is 1. The van der Waals surface area contributed by atoms with Crippen molar-refractivity contribution in [2.45, 2.75) is 113 Å². The van der Waals surface area contributed by atoms with E-state index in [9.17, 15) is 45.6 Å². The molecule has 3 N–H and O–H groups in total. The third-order valence-electron chi connectivity index (χ3n) is 10.2. The van der Waals surface area contributed by atoms with Crippen LogP contribution in [0.25, 0.3) is 6.08 Å². The highest BCUT2D eigenvalue weighted by Crippen LogP contribution is 2.45. The fourth-order valence-corrected chi connectivity index (χ4v) is 8.45. The number of carbonyl (C=O) groups is 5. The van der Waals surface area contributed by atoms with Crippen LogP contribution >= 0.6 is 0 Å². The van der Waals surface area contributed by atoms with Gasteiger partial charge in [-0.25, -0.2) is 18.0 Å². The lowest BCUT2D eigenvalue weighted by molar-refractivity contribution is -0.156. The molecule has 3 aliphatic heterocycles. The predicted octanol–water partition coefficient (Wildman–Crippen LogP) is 3.41. The predicted molar refractivity (Wildman–Crippen MR) is 182 cm³/mol. The maximum atomic E-state index is 14.0. The fourth-order valence-electron chi connectivity index (χ4n) is 7.09. The van der Waals surface area contributed by atoms with E-state index in [4.69, 9.17) is 9.47 Å². The molecular formula is C35H42F3N5O9S. The van der Waals surface area contributed by atoms with Crippen LogP contribution < -0.4 is 15.4 Å². The number of nitrogens with zero attached hydrogens (tertiary/aromatic N) is 2. The van der Waals surface area contributed by atoms with E-state index in [0.29, 0.717) is 19.3 Å². The lowest BCUT2D eigenvalue weighted by Crippen LogP contribution is -2.58. The third-order valence-corrected chi connectivity index (χ3v) is 12.1. The molecule has 2 aliphatic carbocycles. The van der Waals surface area contributed by atoms with Gasteiger partial charge in [-0.1, -0.05) is 36.4 Å². The highest BCUT2D eigenvalue weighted by Gasteiger charge is 2.62. The van der Waals surface area contributed by atoms with Gasteiger partial charge in [0.25, 0.3) is 5.91 Å². The third kappa shape index (κ3) is 8.47. The molecule has 2 saturated carbocycles. The first-order chi connectivity index (χ1) is 24.8. The Morgan fingerprint density at radius 2 is 1.89 bits per heavy atom. The van der Waals surface area contributed by atoms with Gasteiger partial charge >= 0.3 is 18.4 Å². The maximum absolute atomic E-state index is 14.0. The van der Waals surface area contributed by atoms with Crippen molar-refractivity contribution < 1.29 is 55.0 Å². The number of rotatable bonds is 7. The molecule has 53 heavy (non-hydrogen) atoms. The van der Waals surface area contributed by atoms with Crippen molar-refractivity contribution in [3.63, 3.8) is 0 Å². The summed E-state index contributed by atoms with van der Waals surface area (Å²) >= 11 is 0. The first kappa shape index (κ1) is 38.1. The zero-order valence-electron chi connectivity index (χ0n) is 29.2. The van der Waals surface area contributed by atoms with E-state index in [2.05, 4.69) is 11.9 Å². The molecule has 1 saturated heterocycles. The number of sulfonamides is 1. The molecule has 1 aromatic carbocycles. The molecular weight excluding hydrogens is 723 g/mol. The lowest BCUT2D eigenvalue weighted by atomic mass is 10.00. The highest BCUT2D eigenvalue weighted by atomic mass is 32.2. The van der Waals surface area contributed by atoms with Crippen molar-refractivity contribution in [3.8, 4) is 0 Å². The largest absolute Gasteiger partial charge is 0.444 e. The Morgan fingerprint density at radius 1 is 1.15 bits per heavy atom. The minimum atomic E-state index is -4.95. The van der Waals surface area contributed by atoms with Gasteiger partial charge in [0.15, 0.2) is 0 Å². The number of hydrogen-bond donors (Lipinski definition) is 3. The quantitative estimate of drug-likeness (QED) is 0.351. The number of carbonyl (C=O) groups excluding carboxylic acids is 5. The first-order valence-electron chi connectivity index (χ1n) is 17.4. The summed E-state index contributed by atoms with van der Waals surface area (Å²) in [5.74, 6) is -4.01. The smallest absolute Gasteiger partial charge is 0.410 e. The number of fused-ring (bicyclic) bond motifs is 3. The monoisotopic (exact) mass is 765 g/mol. The van der Waals surface area contributed by atoms with E-state index in [0.717, 1.165) is 21.6 Å². The summed E-state index contributed by atoms with van der Waals surface area (Å²) in [5.41, 5.74) is -0.298. The minimum Gasteiger partial charge on any atom is -0.444 e. The second-order valence-corrected chi connectivity index (χ2v) is 16.8. The van der Waals surface area contributed by atoms with Crippen LogP contribution in [-0.4, -0.2) is 95.4 Å². The first-order valence-corrected chi connectivity index (χ1v) is 19.0. The summed E-state index contributed by atoms with van der Waals surface area (Å²) in [7, 11) is -4.02. The SMILES string of the molecule is C=C[C@H]1C[C@]1(NC(=O)[C@@H]1C[C@@H]2CN1C(=O)[C@H](CC(F)(F)F)NC(=O)OC(C)(C)CC/C=C/c1cccc3c1CN(C3)C(=O)O2)C(=O)NS(=O)(=O)C1CC1. The molecule has 5 atom stereocenters. The summed E-state index contributed by atoms with van der Waals surface area (Å²) in [6, 6.07) is 1.78. The van der Waals surface area contributed by atoms with Gasteiger partial charge in [0.2, 0.25) is 21.8 Å².